The van der Waals surface area contributed by atoms with Gasteiger partial charge in [0.05, 0.1) is 21.8 Å². The first-order valence-electron chi connectivity index (χ1n) is 10.1. The van der Waals surface area contributed by atoms with Crippen molar-refractivity contribution in [1.82, 2.24) is 9.88 Å². The van der Waals surface area contributed by atoms with Crippen molar-refractivity contribution in [2.75, 3.05) is 24.5 Å². The zero-order valence-corrected chi connectivity index (χ0v) is 17.0. The molecule has 28 heavy (non-hydrogen) atoms. The summed E-state index contributed by atoms with van der Waals surface area (Å²) < 4.78 is 1.23. The first-order chi connectivity index (χ1) is 13.7. The average Bonchev–Trinajstić information content (AvgIpc) is 3.46. The highest BCUT2D eigenvalue weighted by Crippen LogP contribution is 2.35. The van der Waals surface area contributed by atoms with Gasteiger partial charge in [0.1, 0.15) is 0 Å². The van der Waals surface area contributed by atoms with Gasteiger partial charge in [-0.3, -0.25) is 4.90 Å². The molecule has 0 amide bonds. The summed E-state index contributed by atoms with van der Waals surface area (Å²) >= 11 is 1.80. The number of rotatable bonds is 3. The van der Waals surface area contributed by atoms with Crippen LogP contribution in [-0.2, 0) is 0 Å². The van der Waals surface area contributed by atoms with Crippen LogP contribution in [0, 0.1) is 11.3 Å². The van der Waals surface area contributed by atoms with Gasteiger partial charge in [-0.15, -0.1) is 0 Å². The highest BCUT2D eigenvalue weighted by atomic mass is 32.1. The fourth-order valence-electron chi connectivity index (χ4n) is 4.65. The number of nitriles is 1. The Hall–Kier alpha value is -2.42. The molecule has 0 bridgehead atoms. The fourth-order valence-corrected chi connectivity index (χ4v) is 5.69. The molecule has 4 nitrogen and oxygen atoms in total. The van der Waals surface area contributed by atoms with Gasteiger partial charge in [0.15, 0.2) is 5.13 Å². The van der Waals surface area contributed by atoms with E-state index in [0.717, 1.165) is 35.3 Å². The molecule has 0 N–H and O–H groups in total. The molecule has 0 aliphatic carbocycles. The van der Waals surface area contributed by atoms with E-state index in [1.165, 1.54) is 36.1 Å². The van der Waals surface area contributed by atoms with Gasteiger partial charge < -0.3 is 4.90 Å². The van der Waals surface area contributed by atoms with Crippen LogP contribution in [0.3, 0.4) is 0 Å². The van der Waals surface area contributed by atoms with Crippen molar-refractivity contribution < 1.29 is 0 Å². The molecule has 1 aromatic heterocycles. The molecule has 2 fully saturated rings. The Labute approximate surface area is 170 Å². The molecule has 5 heteroatoms. The molecule has 2 aliphatic heterocycles. The molecule has 2 aliphatic rings. The molecule has 0 radical (unpaired) electrons. The third kappa shape index (κ3) is 3.17. The van der Waals surface area contributed by atoms with Crippen LogP contribution in [0.2, 0.25) is 0 Å². The van der Waals surface area contributed by atoms with Crippen LogP contribution in [0.4, 0.5) is 5.13 Å². The lowest BCUT2D eigenvalue weighted by atomic mass is 10.0. The number of anilines is 1. The van der Waals surface area contributed by atoms with Crippen LogP contribution in [0.15, 0.2) is 42.5 Å². The molecule has 3 aromatic rings. The van der Waals surface area contributed by atoms with Gasteiger partial charge in [-0.1, -0.05) is 29.5 Å². The summed E-state index contributed by atoms with van der Waals surface area (Å²) in [5.74, 6) is 0. The minimum Gasteiger partial charge on any atom is -0.346 e. The predicted octanol–water partition coefficient (Wildman–Crippen LogP) is 4.90. The Morgan fingerprint density at radius 2 is 1.89 bits per heavy atom. The maximum absolute atomic E-state index is 8.99. The van der Waals surface area contributed by atoms with E-state index in [1.54, 1.807) is 11.3 Å². The SMILES string of the molecule is C[C@@H]1CCCN1[C@@H]1CCN(c2nc3ccc(-c4ccc(C#N)cc4)cc3s2)C1. The van der Waals surface area contributed by atoms with E-state index in [1.807, 2.05) is 24.3 Å². The number of aromatic nitrogens is 1. The van der Waals surface area contributed by atoms with Crippen LogP contribution in [0.5, 0.6) is 0 Å². The molecule has 2 atom stereocenters. The summed E-state index contributed by atoms with van der Waals surface area (Å²) in [6, 6.07) is 17.9. The first kappa shape index (κ1) is 17.7. The van der Waals surface area contributed by atoms with Gasteiger partial charge in [-0.05, 0) is 68.1 Å². The standard InChI is InChI=1S/C23H24N4S/c1-16-3-2-11-27(16)20-10-12-26(15-20)23-25-21-9-8-19(13-22(21)28-23)18-6-4-17(14-24)5-7-18/h4-9,13,16,20H,2-3,10-12,15H2,1H3/t16-,20-/m1/s1. The Morgan fingerprint density at radius 1 is 1.07 bits per heavy atom. The van der Waals surface area contributed by atoms with Crippen LogP contribution >= 0.6 is 11.3 Å². The highest BCUT2D eigenvalue weighted by molar-refractivity contribution is 7.22. The number of benzene rings is 2. The number of hydrogen-bond acceptors (Lipinski definition) is 5. The molecule has 5 rings (SSSR count). The van der Waals surface area contributed by atoms with Crippen molar-refractivity contribution in [3.63, 3.8) is 0 Å². The van der Waals surface area contributed by atoms with Crippen LogP contribution in [-0.4, -0.2) is 41.6 Å². The second kappa shape index (κ2) is 7.20. The molecule has 0 spiro atoms. The van der Waals surface area contributed by atoms with E-state index >= 15 is 0 Å². The van der Waals surface area contributed by atoms with Crippen molar-refractivity contribution in [3.8, 4) is 17.2 Å². The zero-order valence-electron chi connectivity index (χ0n) is 16.1. The van der Waals surface area contributed by atoms with Crippen LogP contribution < -0.4 is 4.90 Å². The van der Waals surface area contributed by atoms with E-state index in [0.29, 0.717) is 11.6 Å². The van der Waals surface area contributed by atoms with Crippen molar-refractivity contribution >= 4 is 26.7 Å². The summed E-state index contributed by atoms with van der Waals surface area (Å²) in [5.41, 5.74) is 4.09. The Kier molecular flexibility index (Phi) is 4.54. The zero-order chi connectivity index (χ0) is 19.1. The number of fused-ring (bicyclic) bond motifs is 1. The summed E-state index contributed by atoms with van der Waals surface area (Å²) in [5, 5.41) is 10.1. The van der Waals surface area contributed by atoms with Crippen molar-refractivity contribution in [2.45, 2.75) is 38.3 Å². The minimum absolute atomic E-state index is 0.679. The van der Waals surface area contributed by atoms with Gasteiger partial charge in [-0.2, -0.15) is 5.26 Å². The molecule has 142 valence electrons. The number of nitrogens with zero attached hydrogens (tertiary/aromatic N) is 4. The Bertz CT molecular complexity index is 1030. The summed E-state index contributed by atoms with van der Waals surface area (Å²) in [6.45, 7) is 5.84. The van der Waals surface area contributed by atoms with Gasteiger partial charge in [0, 0.05) is 25.2 Å². The molecular formula is C23H24N4S. The smallest absolute Gasteiger partial charge is 0.186 e. The molecular weight excluding hydrogens is 364 g/mol. The van der Waals surface area contributed by atoms with Crippen LogP contribution in [0.1, 0.15) is 31.7 Å². The summed E-state index contributed by atoms with van der Waals surface area (Å²) in [4.78, 5) is 10.1. The highest BCUT2D eigenvalue weighted by Gasteiger charge is 2.33. The molecule has 0 unspecified atom stereocenters. The third-order valence-electron chi connectivity index (χ3n) is 6.23. The summed E-state index contributed by atoms with van der Waals surface area (Å²) in [6.07, 6.45) is 3.93. The monoisotopic (exact) mass is 388 g/mol. The Balaban J connectivity index is 1.37. The molecule has 2 saturated heterocycles. The molecule has 3 heterocycles. The lowest BCUT2D eigenvalue weighted by molar-refractivity contribution is 0.204. The quantitative estimate of drug-likeness (QED) is 0.640. The van der Waals surface area contributed by atoms with E-state index in [-0.39, 0.29) is 0 Å². The van der Waals surface area contributed by atoms with Crippen molar-refractivity contribution in [2.24, 2.45) is 0 Å². The maximum Gasteiger partial charge on any atom is 0.186 e. The van der Waals surface area contributed by atoms with Crippen molar-refractivity contribution in [3.05, 3.63) is 48.0 Å². The lowest BCUT2D eigenvalue weighted by Gasteiger charge is -2.28. The fraction of sp³-hybridized carbons (Fsp3) is 0.391. The normalized spacial score (nSPS) is 22.8. The largest absolute Gasteiger partial charge is 0.346 e. The minimum atomic E-state index is 0.679. The van der Waals surface area contributed by atoms with E-state index < -0.39 is 0 Å². The summed E-state index contributed by atoms with van der Waals surface area (Å²) in [7, 11) is 0. The third-order valence-corrected chi connectivity index (χ3v) is 7.31. The van der Waals surface area contributed by atoms with E-state index in [4.69, 9.17) is 10.2 Å². The van der Waals surface area contributed by atoms with Gasteiger partial charge in [0.2, 0.25) is 0 Å². The van der Waals surface area contributed by atoms with E-state index in [9.17, 15) is 0 Å². The average molecular weight is 389 g/mol. The molecule has 2 aromatic carbocycles. The first-order valence-corrected chi connectivity index (χ1v) is 10.9. The van der Waals surface area contributed by atoms with Gasteiger partial charge in [-0.25, -0.2) is 4.98 Å². The molecule has 0 saturated carbocycles. The number of thiazole rings is 1. The lowest BCUT2D eigenvalue weighted by Crippen LogP contribution is -2.39. The van der Waals surface area contributed by atoms with Crippen LogP contribution in [0.25, 0.3) is 21.3 Å². The second-order valence-electron chi connectivity index (χ2n) is 7.99. The van der Waals surface area contributed by atoms with Gasteiger partial charge in [0.25, 0.3) is 0 Å². The number of hydrogen-bond donors (Lipinski definition) is 0. The van der Waals surface area contributed by atoms with Crippen molar-refractivity contribution in [1.29, 1.82) is 5.26 Å². The van der Waals surface area contributed by atoms with E-state index in [2.05, 4.69) is 41.0 Å². The van der Waals surface area contributed by atoms with Gasteiger partial charge >= 0.3 is 0 Å². The predicted molar refractivity (Wildman–Crippen MR) is 116 cm³/mol. The maximum atomic E-state index is 8.99. The Morgan fingerprint density at radius 3 is 2.64 bits per heavy atom. The topological polar surface area (TPSA) is 43.2 Å². The second-order valence-corrected chi connectivity index (χ2v) is 8.99. The number of likely N-dealkylation sites (tertiary alicyclic amines) is 1.